The number of phenolic OH excluding ortho intramolecular Hbond substituents is 1. The van der Waals surface area contributed by atoms with E-state index in [9.17, 15) is 5.11 Å². The first kappa shape index (κ1) is 15.8. The average Bonchev–Trinajstić information content (AvgIpc) is 2.73. The molecule has 4 nitrogen and oxygen atoms in total. The van der Waals surface area contributed by atoms with Crippen molar-refractivity contribution in [1.29, 1.82) is 0 Å². The van der Waals surface area contributed by atoms with Crippen LogP contribution in [0.3, 0.4) is 0 Å². The van der Waals surface area contributed by atoms with E-state index < -0.39 is 0 Å². The summed E-state index contributed by atoms with van der Waals surface area (Å²) in [7, 11) is 0. The average molecular weight is 306 g/mol. The number of aromatic hydroxyl groups is 1. The minimum Gasteiger partial charge on any atom is -0.507 e. The largest absolute Gasteiger partial charge is 0.507 e. The molecule has 1 aromatic carbocycles. The molecule has 0 saturated heterocycles. The minimum absolute atomic E-state index is 0.187. The Hall–Kier alpha value is -1.62. The van der Waals surface area contributed by atoms with E-state index in [1.54, 1.807) is 0 Å². The highest BCUT2D eigenvalue weighted by atomic mass is 32.1. The van der Waals surface area contributed by atoms with Crippen molar-refractivity contribution in [2.45, 2.75) is 52.4 Å². The lowest BCUT2D eigenvalue weighted by atomic mass is 9.78. The third kappa shape index (κ3) is 3.18. The highest BCUT2D eigenvalue weighted by Gasteiger charge is 2.27. The fourth-order valence-electron chi connectivity index (χ4n) is 2.25. The van der Waals surface area contributed by atoms with E-state index in [0.717, 1.165) is 16.7 Å². The van der Waals surface area contributed by atoms with Crippen LogP contribution in [0, 0.1) is 4.84 Å². The topological polar surface area (TPSA) is 62.0 Å². The molecule has 5 heteroatoms. The summed E-state index contributed by atoms with van der Waals surface area (Å²) in [4.78, 5) is 0.243. The molecule has 0 radical (unpaired) electrons. The third-order valence-corrected chi connectivity index (χ3v) is 3.59. The van der Waals surface area contributed by atoms with Gasteiger partial charge < -0.3 is 9.52 Å². The van der Waals surface area contributed by atoms with Crippen molar-refractivity contribution >= 4 is 12.2 Å². The van der Waals surface area contributed by atoms with Gasteiger partial charge >= 0.3 is 0 Å². The van der Waals surface area contributed by atoms with Crippen LogP contribution in [0.2, 0.25) is 0 Å². The Morgan fingerprint density at radius 2 is 1.52 bits per heavy atom. The highest BCUT2D eigenvalue weighted by Crippen LogP contribution is 2.41. The number of hydrogen-bond donors (Lipinski definition) is 2. The van der Waals surface area contributed by atoms with Crippen LogP contribution in [-0.2, 0) is 10.8 Å². The van der Waals surface area contributed by atoms with Crippen LogP contribution in [0.1, 0.15) is 52.7 Å². The molecule has 0 fully saturated rings. The van der Waals surface area contributed by atoms with Gasteiger partial charge in [-0.15, -0.1) is 5.10 Å². The molecule has 1 aromatic heterocycles. The number of rotatable bonds is 1. The van der Waals surface area contributed by atoms with Gasteiger partial charge in [-0.2, -0.15) is 0 Å². The predicted molar refractivity (Wildman–Crippen MR) is 86.2 cm³/mol. The summed E-state index contributed by atoms with van der Waals surface area (Å²) in [5, 5.41) is 17.4. The van der Waals surface area contributed by atoms with E-state index in [4.69, 9.17) is 16.6 Å². The van der Waals surface area contributed by atoms with Crippen molar-refractivity contribution in [3.8, 4) is 17.2 Å². The molecule has 114 valence electrons. The third-order valence-electron chi connectivity index (χ3n) is 3.41. The van der Waals surface area contributed by atoms with Gasteiger partial charge in [-0.25, -0.2) is 5.10 Å². The van der Waals surface area contributed by atoms with Gasteiger partial charge in [-0.05, 0) is 35.2 Å². The summed E-state index contributed by atoms with van der Waals surface area (Å²) >= 11 is 4.94. The van der Waals surface area contributed by atoms with E-state index in [2.05, 4.69) is 51.7 Å². The first-order valence-corrected chi connectivity index (χ1v) is 7.35. The molecule has 0 aliphatic rings. The Kier molecular flexibility index (Phi) is 3.74. The zero-order valence-electron chi connectivity index (χ0n) is 13.4. The predicted octanol–water partition coefficient (Wildman–Crippen LogP) is 4.70. The van der Waals surface area contributed by atoms with Crippen LogP contribution < -0.4 is 0 Å². The summed E-state index contributed by atoms with van der Waals surface area (Å²) in [6.07, 6.45) is 0. The van der Waals surface area contributed by atoms with Crippen LogP contribution in [0.4, 0.5) is 0 Å². The fraction of sp³-hybridized carbons (Fsp3) is 0.500. The maximum absolute atomic E-state index is 10.7. The number of nitrogens with zero attached hydrogens (tertiary/aromatic N) is 1. The zero-order valence-corrected chi connectivity index (χ0v) is 14.2. The van der Waals surface area contributed by atoms with Crippen molar-refractivity contribution in [3.05, 3.63) is 28.1 Å². The quantitative estimate of drug-likeness (QED) is 0.750. The molecule has 2 N–H and O–H groups in total. The fourth-order valence-corrected chi connectivity index (χ4v) is 2.38. The Balaban J connectivity index is 2.77. The molecule has 21 heavy (non-hydrogen) atoms. The molecule has 0 bridgehead atoms. The molecule has 0 saturated carbocycles. The van der Waals surface area contributed by atoms with Crippen molar-refractivity contribution in [2.24, 2.45) is 0 Å². The summed E-state index contributed by atoms with van der Waals surface area (Å²) in [6.45, 7) is 12.4. The first-order valence-electron chi connectivity index (χ1n) is 6.94. The molecule has 0 spiro atoms. The number of phenols is 1. The maximum atomic E-state index is 10.7. The van der Waals surface area contributed by atoms with Gasteiger partial charge in [0.05, 0.1) is 0 Å². The summed E-state index contributed by atoms with van der Waals surface area (Å²) in [5.74, 6) is 0.781. The zero-order chi connectivity index (χ0) is 16.0. The highest BCUT2D eigenvalue weighted by molar-refractivity contribution is 7.71. The number of benzene rings is 1. The van der Waals surface area contributed by atoms with Crippen molar-refractivity contribution in [1.82, 2.24) is 10.2 Å². The second-order valence-electron chi connectivity index (χ2n) is 7.34. The lowest BCUT2D eigenvalue weighted by Crippen LogP contribution is -2.17. The molecule has 0 amide bonds. The SMILES string of the molecule is CC(C)(C)c1cc(-c2n[nH]c(=S)o2)cc(C(C)(C)C)c1O. The Labute approximate surface area is 130 Å². The molecule has 2 rings (SSSR count). The van der Waals surface area contributed by atoms with Crippen molar-refractivity contribution < 1.29 is 9.52 Å². The van der Waals surface area contributed by atoms with Crippen LogP contribution in [0.15, 0.2) is 16.5 Å². The Bertz CT molecular complexity index is 680. The smallest absolute Gasteiger partial charge is 0.284 e. The Morgan fingerprint density at radius 3 is 1.86 bits per heavy atom. The van der Waals surface area contributed by atoms with Crippen LogP contribution in [0.5, 0.6) is 5.75 Å². The molecular formula is C16H22N2O2S. The van der Waals surface area contributed by atoms with E-state index >= 15 is 0 Å². The van der Waals surface area contributed by atoms with Crippen molar-refractivity contribution in [3.63, 3.8) is 0 Å². The first-order chi connectivity index (χ1) is 9.50. The van der Waals surface area contributed by atoms with E-state index in [1.165, 1.54) is 0 Å². The summed E-state index contributed by atoms with van der Waals surface area (Å²) in [6, 6.07) is 3.83. The van der Waals surface area contributed by atoms with Gasteiger partial charge in [-0.1, -0.05) is 41.5 Å². The maximum Gasteiger partial charge on any atom is 0.284 e. The van der Waals surface area contributed by atoms with E-state index in [-0.39, 0.29) is 15.7 Å². The van der Waals surface area contributed by atoms with Crippen LogP contribution in [-0.4, -0.2) is 15.3 Å². The normalized spacial score (nSPS) is 12.7. The molecule has 0 unspecified atom stereocenters. The minimum atomic E-state index is -0.187. The van der Waals surface area contributed by atoms with Gasteiger partial charge in [0.1, 0.15) is 5.75 Å². The van der Waals surface area contributed by atoms with Crippen molar-refractivity contribution in [2.75, 3.05) is 0 Å². The van der Waals surface area contributed by atoms with Gasteiger partial charge in [0.15, 0.2) is 0 Å². The number of hydrogen-bond acceptors (Lipinski definition) is 4. The number of aromatic amines is 1. The van der Waals surface area contributed by atoms with Gasteiger partial charge in [-0.3, -0.25) is 0 Å². The van der Waals surface area contributed by atoms with Gasteiger partial charge in [0.2, 0.25) is 5.89 Å². The number of nitrogens with one attached hydrogen (secondary N) is 1. The summed E-state index contributed by atoms with van der Waals surface area (Å²) < 4.78 is 5.41. The standard InChI is InChI=1S/C16H22N2O2S/c1-15(2,3)10-7-9(13-17-18-14(21)20-13)8-11(12(10)19)16(4,5)6/h7-8,19H,1-6H3,(H,18,21). The molecule has 2 aromatic rings. The molecule has 0 atom stereocenters. The lowest BCUT2D eigenvalue weighted by molar-refractivity contribution is 0.423. The van der Waals surface area contributed by atoms with Crippen LogP contribution >= 0.6 is 12.2 Å². The van der Waals surface area contributed by atoms with Gasteiger partial charge in [0, 0.05) is 16.7 Å². The van der Waals surface area contributed by atoms with Crippen LogP contribution in [0.25, 0.3) is 11.5 Å². The number of H-pyrrole nitrogens is 1. The van der Waals surface area contributed by atoms with E-state index in [1.807, 2.05) is 12.1 Å². The van der Waals surface area contributed by atoms with E-state index in [0.29, 0.717) is 11.6 Å². The lowest BCUT2D eigenvalue weighted by Gasteiger charge is -2.27. The molecule has 0 aliphatic heterocycles. The molecule has 1 heterocycles. The molecular weight excluding hydrogens is 284 g/mol. The monoisotopic (exact) mass is 306 g/mol. The second kappa shape index (κ2) is 4.98. The second-order valence-corrected chi connectivity index (χ2v) is 7.71. The van der Waals surface area contributed by atoms with Gasteiger partial charge in [0.25, 0.3) is 4.84 Å². The molecule has 0 aliphatic carbocycles. The Morgan fingerprint density at radius 1 is 1.05 bits per heavy atom. The summed E-state index contributed by atoms with van der Waals surface area (Å²) in [5.41, 5.74) is 2.18. The number of aromatic nitrogens is 2.